The lowest BCUT2D eigenvalue weighted by Gasteiger charge is -2.14. The molecule has 2 N–H and O–H groups in total. The van der Waals surface area contributed by atoms with Crippen LogP contribution in [0.2, 0.25) is 0 Å². The molecular formula is C24H27N5O5S. The summed E-state index contributed by atoms with van der Waals surface area (Å²) in [7, 11) is 4.69. The quantitative estimate of drug-likeness (QED) is 0.324. The van der Waals surface area contributed by atoms with Crippen LogP contribution in [0.15, 0.2) is 53.7 Å². The Bertz CT molecular complexity index is 1180. The molecule has 2 aromatic carbocycles. The van der Waals surface area contributed by atoms with Gasteiger partial charge in [-0.2, -0.15) is 0 Å². The fourth-order valence-corrected chi connectivity index (χ4v) is 3.97. The first-order valence-electron chi connectivity index (χ1n) is 10.7. The second-order valence-electron chi connectivity index (χ2n) is 7.62. The minimum absolute atomic E-state index is 0.114. The first-order chi connectivity index (χ1) is 16.8. The molecule has 3 rings (SSSR count). The number of esters is 1. The predicted octanol–water partition coefficient (Wildman–Crippen LogP) is 2.76. The fraction of sp³-hybridized carbons (Fsp3) is 0.292. The van der Waals surface area contributed by atoms with Gasteiger partial charge in [0, 0.05) is 12.7 Å². The van der Waals surface area contributed by atoms with E-state index in [0.717, 1.165) is 11.3 Å². The van der Waals surface area contributed by atoms with Crippen LogP contribution in [0.3, 0.4) is 0 Å². The Morgan fingerprint density at radius 3 is 2.31 bits per heavy atom. The number of carbonyl (C=O) groups is 3. The highest BCUT2D eigenvalue weighted by molar-refractivity contribution is 7.99. The van der Waals surface area contributed by atoms with Crippen molar-refractivity contribution in [2.75, 3.05) is 25.3 Å². The molecule has 0 spiro atoms. The highest BCUT2D eigenvalue weighted by atomic mass is 32.2. The fourth-order valence-electron chi connectivity index (χ4n) is 3.25. The minimum atomic E-state index is -0.442. The molecule has 0 radical (unpaired) electrons. The lowest BCUT2D eigenvalue weighted by Crippen LogP contribution is -2.29. The molecule has 0 aliphatic carbocycles. The molecule has 1 atom stereocenters. The van der Waals surface area contributed by atoms with E-state index in [1.165, 1.54) is 18.9 Å². The summed E-state index contributed by atoms with van der Waals surface area (Å²) in [6.45, 7) is 1.83. The van der Waals surface area contributed by atoms with Crippen molar-refractivity contribution in [1.29, 1.82) is 0 Å². The number of methoxy groups -OCH3 is 2. The molecule has 0 saturated carbocycles. The molecule has 3 aromatic rings. The number of benzene rings is 2. The molecular weight excluding hydrogens is 470 g/mol. The van der Waals surface area contributed by atoms with Gasteiger partial charge in [0.1, 0.15) is 5.75 Å². The number of carbonyl (C=O) groups excluding carboxylic acids is 3. The van der Waals surface area contributed by atoms with Gasteiger partial charge >= 0.3 is 5.97 Å². The van der Waals surface area contributed by atoms with E-state index in [1.54, 1.807) is 43.0 Å². The smallest absolute Gasteiger partial charge is 0.337 e. The third-order valence-corrected chi connectivity index (χ3v) is 6.10. The maximum absolute atomic E-state index is 12.4. The summed E-state index contributed by atoms with van der Waals surface area (Å²) in [4.78, 5) is 36.3. The molecule has 1 aromatic heterocycles. The Labute approximate surface area is 207 Å². The van der Waals surface area contributed by atoms with Crippen LogP contribution in [0.4, 0.5) is 5.69 Å². The van der Waals surface area contributed by atoms with Crippen molar-refractivity contribution < 1.29 is 23.9 Å². The van der Waals surface area contributed by atoms with Gasteiger partial charge in [-0.05, 0) is 48.9 Å². The molecule has 10 nitrogen and oxygen atoms in total. The summed E-state index contributed by atoms with van der Waals surface area (Å²) in [6.07, 6.45) is 0.231. The van der Waals surface area contributed by atoms with Crippen LogP contribution in [0.1, 0.15) is 34.7 Å². The van der Waals surface area contributed by atoms with Gasteiger partial charge in [-0.15, -0.1) is 10.2 Å². The summed E-state index contributed by atoms with van der Waals surface area (Å²) in [5.41, 5.74) is 1.84. The Hall–Kier alpha value is -3.86. The Kier molecular flexibility index (Phi) is 8.85. The van der Waals surface area contributed by atoms with Crippen LogP contribution in [-0.2, 0) is 27.8 Å². The summed E-state index contributed by atoms with van der Waals surface area (Å²) in [6, 6.07) is 13.4. The number of thioether (sulfide) groups is 1. The van der Waals surface area contributed by atoms with Gasteiger partial charge in [0.25, 0.3) is 0 Å². The van der Waals surface area contributed by atoms with E-state index in [0.29, 0.717) is 22.2 Å². The Morgan fingerprint density at radius 1 is 1.00 bits per heavy atom. The molecule has 1 unspecified atom stereocenters. The lowest BCUT2D eigenvalue weighted by atomic mass is 10.1. The number of ether oxygens (including phenoxy) is 2. The number of hydrogen-bond donors (Lipinski definition) is 2. The molecule has 0 saturated heterocycles. The maximum Gasteiger partial charge on any atom is 0.337 e. The molecule has 0 aliphatic rings. The van der Waals surface area contributed by atoms with Crippen molar-refractivity contribution in [3.8, 4) is 5.75 Å². The van der Waals surface area contributed by atoms with Gasteiger partial charge < -0.3 is 24.7 Å². The zero-order valence-corrected chi connectivity index (χ0v) is 20.7. The highest BCUT2D eigenvalue weighted by Gasteiger charge is 2.18. The topological polar surface area (TPSA) is 124 Å². The van der Waals surface area contributed by atoms with Crippen molar-refractivity contribution in [3.05, 3.63) is 65.5 Å². The van der Waals surface area contributed by atoms with E-state index in [4.69, 9.17) is 4.74 Å². The molecule has 11 heteroatoms. The number of anilines is 1. The zero-order chi connectivity index (χ0) is 25.4. The molecule has 0 aliphatic heterocycles. The standard InChI is InChI=1S/C24H27N5O5S/c1-15(25-20(30)13-16-5-11-19(33-3)12-6-16)22-27-28-24(29(22)2)35-14-21(31)26-18-9-7-17(8-10-18)23(32)34-4/h5-12,15H,13-14H2,1-4H3,(H,25,30)(H,26,31). The van der Waals surface area contributed by atoms with Crippen molar-refractivity contribution in [2.24, 2.45) is 7.05 Å². The molecule has 0 bridgehead atoms. The van der Waals surface area contributed by atoms with Crippen LogP contribution >= 0.6 is 11.8 Å². The largest absolute Gasteiger partial charge is 0.497 e. The maximum atomic E-state index is 12.4. The van der Waals surface area contributed by atoms with Gasteiger partial charge in [-0.3, -0.25) is 9.59 Å². The van der Waals surface area contributed by atoms with Gasteiger partial charge in [-0.1, -0.05) is 23.9 Å². The molecule has 0 fully saturated rings. The summed E-state index contributed by atoms with van der Waals surface area (Å²) >= 11 is 1.23. The number of aromatic nitrogens is 3. The molecule has 2 amide bonds. The van der Waals surface area contributed by atoms with E-state index in [-0.39, 0.29) is 30.0 Å². The van der Waals surface area contributed by atoms with Gasteiger partial charge in [0.2, 0.25) is 11.8 Å². The molecule has 184 valence electrons. The van der Waals surface area contributed by atoms with E-state index < -0.39 is 5.97 Å². The van der Waals surface area contributed by atoms with Crippen LogP contribution in [-0.4, -0.2) is 52.5 Å². The number of hydrogen-bond acceptors (Lipinski definition) is 8. The molecule has 1 heterocycles. The van der Waals surface area contributed by atoms with Crippen LogP contribution in [0.5, 0.6) is 5.75 Å². The lowest BCUT2D eigenvalue weighted by molar-refractivity contribution is -0.121. The first-order valence-corrected chi connectivity index (χ1v) is 11.7. The van der Waals surface area contributed by atoms with Crippen molar-refractivity contribution in [3.63, 3.8) is 0 Å². The van der Waals surface area contributed by atoms with E-state index in [2.05, 4.69) is 25.6 Å². The third kappa shape index (κ3) is 7.06. The minimum Gasteiger partial charge on any atom is -0.497 e. The van der Waals surface area contributed by atoms with Crippen molar-refractivity contribution in [1.82, 2.24) is 20.1 Å². The SMILES string of the molecule is COC(=O)c1ccc(NC(=O)CSc2nnc(C(C)NC(=O)Cc3ccc(OC)cc3)n2C)cc1. The predicted molar refractivity (Wildman–Crippen MR) is 131 cm³/mol. The Morgan fingerprint density at radius 2 is 1.69 bits per heavy atom. The van der Waals surface area contributed by atoms with Crippen LogP contribution < -0.4 is 15.4 Å². The van der Waals surface area contributed by atoms with Gasteiger partial charge in [0.05, 0.1) is 38.0 Å². The Balaban J connectivity index is 1.50. The number of nitrogens with zero attached hydrogens (tertiary/aromatic N) is 3. The van der Waals surface area contributed by atoms with Crippen molar-refractivity contribution in [2.45, 2.75) is 24.5 Å². The summed E-state index contributed by atoms with van der Waals surface area (Å²) < 4.78 is 11.5. The van der Waals surface area contributed by atoms with Crippen LogP contribution in [0.25, 0.3) is 0 Å². The van der Waals surface area contributed by atoms with E-state index in [1.807, 2.05) is 31.2 Å². The van der Waals surface area contributed by atoms with Gasteiger partial charge in [0.15, 0.2) is 11.0 Å². The van der Waals surface area contributed by atoms with E-state index >= 15 is 0 Å². The second kappa shape index (κ2) is 12.0. The normalized spacial score (nSPS) is 11.4. The van der Waals surface area contributed by atoms with E-state index in [9.17, 15) is 14.4 Å². The summed E-state index contributed by atoms with van der Waals surface area (Å²) in [5.74, 6) is 0.612. The monoisotopic (exact) mass is 497 g/mol. The number of amides is 2. The second-order valence-corrected chi connectivity index (χ2v) is 8.56. The van der Waals surface area contributed by atoms with Crippen molar-refractivity contribution >= 4 is 35.2 Å². The van der Waals surface area contributed by atoms with Crippen LogP contribution in [0, 0.1) is 0 Å². The first kappa shape index (κ1) is 25.8. The average molecular weight is 498 g/mol. The van der Waals surface area contributed by atoms with Gasteiger partial charge in [-0.25, -0.2) is 4.79 Å². The average Bonchev–Trinajstić information content (AvgIpc) is 3.23. The molecule has 35 heavy (non-hydrogen) atoms. The third-order valence-electron chi connectivity index (χ3n) is 5.08. The highest BCUT2D eigenvalue weighted by Crippen LogP contribution is 2.20. The zero-order valence-electron chi connectivity index (χ0n) is 19.9. The summed E-state index contributed by atoms with van der Waals surface area (Å²) in [5, 5.41) is 14.6. The number of nitrogens with one attached hydrogen (secondary N) is 2. The number of rotatable bonds is 10.